The van der Waals surface area contributed by atoms with Gasteiger partial charge in [0.25, 0.3) is 0 Å². The van der Waals surface area contributed by atoms with Crippen LogP contribution in [-0.4, -0.2) is 13.1 Å². The standard InChI is InChI=1S/C10H18O2/c1-10(2)7-6-8(10)4-5-9(11)12-3/h8H,4-7H2,1-3H3/t8-/m0/s1. The fourth-order valence-corrected chi connectivity index (χ4v) is 1.86. The fourth-order valence-electron chi connectivity index (χ4n) is 1.86. The van der Waals surface area contributed by atoms with Gasteiger partial charge in [0, 0.05) is 6.42 Å². The molecule has 0 spiro atoms. The van der Waals surface area contributed by atoms with Crippen LogP contribution >= 0.6 is 0 Å². The summed E-state index contributed by atoms with van der Waals surface area (Å²) in [7, 11) is 1.45. The largest absolute Gasteiger partial charge is 0.469 e. The molecule has 1 fully saturated rings. The van der Waals surface area contributed by atoms with Crippen molar-refractivity contribution >= 4 is 5.97 Å². The number of carbonyl (C=O) groups is 1. The summed E-state index contributed by atoms with van der Waals surface area (Å²) in [6.07, 6.45) is 4.17. The van der Waals surface area contributed by atoms with Crippen LogP contribution in [0.2, 0.25) is 0 Å². The van der Waals surface area contributed by atoms with E-state index in [0.717, 1.165) is 12.3 Å². The van der Waals surface area contributed by atoms with E-state index in [-0.39, 0.29) is 5.97 Å². The molecule has 0 heterocycles. The van der Waals surface area contributed by atoms with Gasteiger partial charge in [0.05, 0.1) is 7.11 Å². The molecule has 0 aromatic rings. The normalized spacial score (nSPS) is 26.1. The lowest BCUT2D eigenvalue weighted by Gasteiger charge is -2.44. The molecule has 0 bridgehead atoms. The van der Waals surface area contributed by atoms with Gasteiger partial charge < -0.3 is 4.74 Å². The predicted octanol–water partition coefficient (Wildman–Crippen LogP) is 2.38. The zero-order valence-corrected chi connectivity index (χ0v) is 8.22. The summed E-state index contributed by atoms with van der Waals surface area (Å²) < 4.78 is 4.60. The number of esters is 1. The molecule has 0 aromatic carbocycles. The van der Waals surface area contributed by atoms with Crippen molar-refractivity contribution in [3.8, 4) is 0 Å². The molecule has 0 unspecified atom stereocenters. The highest BCUT2D eigenvalue weighted by molar-refractivity contribution is 5.69. The van der Waals surface area contributed by atoms with Crippen molar-refractivity contribution in [3.63, 3.8) is 0 Å². The average molecular weight is 170 g/mol. The summed E-state index contributed by atoms with van der Waals surface area (Å²) in [5, 5.41) is 0. The van der Waals surface area contributed by atoms with Gasteiger partial charge in [-0.2, -0.15) is 0 Å². The third kappa shape index (κ3) is 1.99. The molecule has 0 N–H and O–H groups in total. The molecule has 0 aliphatic heterocycles. The molecule has 1 rings (SSSR count). The van der Waals surface area contributed by atoms with Crippen LogP contribution in [0.25, 0.3) is 0 Å². The topological polar surface area (TPSA) is 26.3 Å². The van der Waals surface area contributed by atoms with E-state index in [2.05, 4.69) is 18.6 Å². The van der Waals surface area contributed by atoms with E-state index in [4.69, 9.17) is 0 Å². The Hall–Kier alpha value is -0.530. The van der Waals surface area contributed by atoms with Crippen LogP contribution in [0.4, 0.5) is 0 Å². The van der Waals surface area contributed by atoms with E-state index < -0.39 is 0 Å². The number of hydrogen-bond acceptors (Lipinski definition) is 2. The summed E-state index contributed by atoms with van der Waals surface area (Å²) in [5.41, 5.74) is 0.466. The number of rotatable bonds is 3. The zero-order chi connectivity index (χ0) is 9.19. The molecule has 1 aliphatic carbocycles. The molecule has 1 saturated carbocycles. The van der Waals surface area contributed by atoms with Crippen molar-refractivity contribution in [2.45, 2.75) is 39.5 Å². The van der Waals surface area contributed by atoms with Crippen LogP contribution in [0, 0.1) is 11.3 Å². The maximum atomic E-state index is 10.8. The van der Waals surface area contributed by atoms with E-state index in [1.165, 1.54) is 20.0 Å². The molecule has 1 aliphatic rings. The lowest BCUT2D eigenvalue weighted by Crippen LogP contribution is -2.34. The van der Waals surface area contributed by atoms with Crippen molar-refractivity contribution in [2.75, 3.05) is 7.11 Å². The summed E-state index contributed by atoms with van der Waals surface area (Å²) in [6.45, 7) is 4.55. The van der Waals surface area contributed by atoms with Crippen molar-refractivity contribution in [2.24, 2.45) is 11.3 Å². The van der Waals surface area contributed by atoms with Crippen molar-refractivity contribution in [1.29, 1.82) is 0 Å². The fraction of sp³-hybridized carbons (Fsp3) is 0.900. The Bertz CT molecular complexity index is 173. The molecule has 0 aromatic heterocycles. The number of hydrogen-bond donors (Lipinski definition) is 0. The molecule has 1 atom stereocenters. The number of methoxy groups -OCH3 is 1. The molecule has 0 saturated heterocycles. The quantitative estimate of drug-likeness (QED) is 0.608. The van der Waals surface area contributed by atoms with Gasteiger partial charge in [0.2, 0.25) is 0 Å². The minimum Gasteiger partial charge on any atom is -0.469 e. The monoisotopic (exact) mass is 170 g/mol. The van der Waals surface area contributed by atoms with Gasteiger partial charge in [-0.3, -0.25) is 4.79 Å². The van der Waals surface area contributed by atoms with Gasteiger partial charge in [0.1, 0.15) is 0 Å². The molecular weight excluding hydrogens is 152 g/mol. The lowest BCUT2D eigenvalue weighted by molar-refractivity contribution is -0.141. The number of ether oxygens (including phenoxy) is 1. The van der Waals surface area contributed by atoms with Crippen molar-refractivity contribution in [1.82, 2.24) is 0 Å². The smallest absolute Gasteiger partial charge is 0.305 e. The maximum Gasteiger partial charge on any atom is 0.305 e. The summed E-state index contributed by atoms with van der Waals surface area (Å²) in [6, 6.07) is 0. The second-order valence-corrected chi connectivity index (χ2v) is 4.34. The van der Waals surface area contributed by atoms with Crippen LogP contribution < -0.4 is 0 Å². The minimum absolute atomic E-state index is 0.0716. The molecule has 0 amide bonds. The van der Waals surface area contributed by atoms with Gasteiger partial charge in [0.15, 0.2) is 0 Å². The second-order valence-electron chi connectivity index (χ2n) is 4.34. The molecule has 2 nitrogen and oxygen atoms in total. The van der Waals surface area contributed by atoms with Crippen LogP contribution in [0.15, 0.2) is 0 Å². The Morgan fingerprint density at radius 1 is 1.58 bits per heavy atom. The first-order valence-electron chi connectivity index (χ1n) is 4.63. The van der Waals surface area contributed by atoms with E-state index in [1.54, 1.807) is 0 Å². The van der Waals surface area contributed by atoms with Gasteiger partial charge in [-0.25, -0.2) is 0 Å². The molecule has 12 heavy (non-hydrogen) atoms. The summed E-state index contributed by atoms with van der Waals surface area (Å²) in [4.78, 5) is 10.8. The lowest BCUT2D eigenvalue weighted by atomic mass is 9.61. The SMILES string of the molecule is COC(=O)CC[C@H]1CCC1(C)C. The summed E-state index contributed by atoms with van der Waals surface area (Å²) >= 11 is 0. The van der Waals surface area contributed by atoms with E-state index in [1.807, 2.05) is 0 Å². The van der Waals surface area contributed by atoms with Crippen molar-refractivity contribution in [3.05, 3.63) is 0 Å². The second kappa shape index (κ2) is 3.46. The maximum absolute atomic E-state index is 10.8. The van der Waals surface area contributed by atoms with Gasteiger partial charge >= 0.3 is 5.97 Å². The summed E-state index contributed by atoms with van der Waals surface area (Å²) in [5.74, 6) is 0.661. The van der Waals surface area contributed by atoms with Gasteiger partial charge in [-0.1, -0.05) is 13.8 Å². The van der Waals surface area contributed by atoms with Gasteiger partial charge in [-0.05, 0) is 30.6 Å². The van der Waals surface area contributed by atoms with E-state index in [0.29, 0.717) is 11.8 Å². The van der Waals surface area contributed by atoms with Crippen LogP contribution in [0.1, 0.15) is 39.5 Å². The van der Waals surface area contributed by atoms with Crippen LogP contribution in [0.5, 0.6) is 0 Å². The Morgan fingerprint density at radius 3 is 2.58 bits per heavy atom. The Labute approximate surface area is 74.3 Å². The van der Waals surface area contributed by atoms with E-state index in [9.17, 15) is 4.79 Å². The average Bonchev–Trinajstić information content (AvgIpc) is 2.02. The Balaban J connectivity index is 2.20. The molecule has 2 heteroatoms. The Morgan fingerprint density at radius 2 is 2.25 bits per heavy atom. The first-order chi connectivity index (χ1) is 5.56. The molecular formula is C10H18O2. The predicted molar refractivity (Wildman–Crippen MR) is 47.8 cm³/mol. The highest BCUT2D eigenvalue weighted by Crippen LogP contribution is 2.48. The first kappa shape index (κ1) is 9.56. The van der Waals surface area contributed by atoms with E-state index >= 15 is 0 Å². The number of carbonyl (C=O) groups excluding carboxylic acids is 1. The minimum atomic E-state index is -0.0716. The van der Waals surface area contributed by atoms with Gasteiger partial charge in [-0.15, -0.1) is 0 Å². The van der Waals surface area contributed by atoms with Crippen LogP contribution in [0.3, 0.4) is 0 Å². The molecule has 70 valence electrons. The first-order valence-corrected chi connectivity index (χ1v) is 4.63. The Kier molecular flexibility index (Phi) is 2.76. The third-order valence-corrected chi connectivity index (χ3v) is 3.17. The van der Waals surface area contributed by atoms with Crippen LogP contribution in [-0.2, 0) is 9.53 Å². The molecule has 0 radical (unpaired) electrons. The highest BCUT2D eigenvalue weighted by atomic mass is 16.5. The van der Waals surface area contributed by atoms with Crippen molar-refractivity contribution < 1.29 is 9.53 Å². The highest BCUT2D eigenvalue weighted by Gasteiger charge is 2.37. The zero-order valence-electron chi connectivity index (χ0n) is 8.22. The third-order valence-electron chi connectivity index (χ3n) is 3.17.